The van der Waals surface area contributed by atoms with Gasteiger partial charge in [0.05, 0.1) is 21.5 Å². The first-order valence-electron chi connectivity index (χ1n) is 7.29. The SMILES string of the molecule is Clc1ccccc1-c1ccc(/C=N/Nc2nc3ccccc3s2)o1. The van der Waals surface area contributed by atoms with Gasteiger partial charge in [0, 0.05) is 5.56 Å². The summed E-state index contributed by atoms with van der Waals surface area (Å²) in [6.45, 7) is 0. The van der Waals surface area contributed by atoms with Gasteiger partial charge in [-0.3, -0.25) is 5.43 Å². The molecule has 2 aromatic carbocycles. The number of anilines is 1. The van der Waals surface area contributed by atoms with Crippen molar-refractivity contribution in [3.63, 3.8) is 0 Å². The third-order valence-electron chi connectivity index (χ3n) is 3.41. The normalized spacial score (nSPS) is 11.4. The first kappa shape index (κ1) is 14.9. The van der Waals surface area contributed by atoms with E-state index in [2.05, 4.69) is 15.5 Å². The molecule has 0 spiro atoms. The van der Waals surface area contributed by atoms with E-state index < -0.39 is 0 Å². The highest BCUT2D eigenvalue weighted by molar-refractivity contribution is 7.22. The van der Waals surface area contributed by atoms with Gasteiger partial charge in [0.1, 0.15) is 11.5 Å². The molecular weight excluding hydrogens is 342 g/mol. The Hall–Kier alpha value is -2.63. The molecule has 4 aromatic rings. The highest BCUT2D eigenvalue weighted by atomic mass is 35.5. The zero-order valence-electron chi connectivity index (χ0n) is 12.4. The summed E-state index contributed by atoms with van der Waals surface area (Å²) >= 11 is 7.73. The second-order valence-electron chi connectivity index (χ2n) is 5.04. The van der Waals surface area contributed by atoms with Crippen LogP contribution in [-0.4, -0.2) is 11.2 Å². The number of halogens is 1. The third-order valence-corrected chi connectivity index (χ3v) is 4.68. The van der Waals surface area contributed by atoms with Crippen LogP contribution in [0.25, 0.3) is 21.5 Å². The molecule has 4 nitrogen and oxygen atoms in total. The average molecular weight is 354 g/mol. The average Bonchev–Trinajstić information content (AvgIpc) is 3.22. The van der Waals surface area contributed by atoms with Gasteiger partial charge in [-0.05, 0) is 36.4 Å². The summed E-state index contributed by atoms with van der Waals surface area (Å²) in [4.78, 5) is 4.45. The fourth-order valence-corrected chi connectivity index (χ4v) is 3.34. The van der Waals surface area contributed by atoms with E-state index in [1.165, 1.54) is 0 Å². The first-order chi connectivity index (χ1) is 11.8. The van der Waals surface area contributed by atoms with E-state index in [1.54, 1.807) is 17.6 Å². The molecule has 0 saturated heterocycles. The molecule has 0 aliphatic rings. The number of rotatable bonds is 4. The van der Waals surface area contributed by atoms with Gasteiger partial charge in [0.15, 0.2) is 0 Å². The van der Waals surface area contributed by atoms with Gasteiger partial charge in [-0.25, -0.2) is 4.98 Å². The smallest absolute Gasteiger partial charge is 0.204 e. The van der Waals surface area contributed by atoms with Crippen molar-refractivity contribution in [2.75, 3.05) is 5.43 Å². The second-order valence-corrected chi connectivity index (χ2v) is 6.48. The van der Waals surface area contributed by atoms with Crippen LogP contribution in [0.5, 0.6) is 0 Å². The molecule has 0 saturated carbocycles. The van der Waals surface area contributed by atoms with Crippen LogP contribution in [0.15, 0.2) is 70.2 Å². The van der Waals surface area contributed by atoms with Gasteiger partial charge in [0.2, 0.25) is 5.13 Å². The van der Waals surface area contributed by atoms with E-state index in [4.69, 9.17) is 16.0 Å². The van der Waals surface area contributed by atoms with Crippen LogP contribution in [0.3, 0.4) is 0 Å². The molecule has 0 aliphatic carbocycles. The number of benzene rings is 2. The topological polar surface area (TPSA) is 50.4 Å². The van der Waals surface area contributed by atoms with Crippen LogP contribution in [0.2, 0.25) is 5.02 Å². The minimum Gasteiger partial charge on any atom is -0.455 e. The predicted molar refractivity (Wildman–Crippen MR) is 100.0 cm³/mol. The Balaban J connectivity index is 1.49. The lowest BCUT2D eigenvalue weighted by Gasteiger charge is -1.98. The minimum atomic E-state index is 0.638. The predicted octanol–water partition coefficient (Wildman–Crippen LogP) is 5.66. The van der Waals surface area contributed by atoms with Crippen molar-refractivity contribution in [2.24, 2.45) is 5.10 Å². The maximum atomic E-state index is 6.18. The number of para-hydroxylation sites is 1. The third kappa shape index (κ3) is 3.04. The number of hydrogen-bond acceptors (Lipinski definition) is 5. The Bertz CT molecular complexity index is 989. The molecular formula is C18H12ClN3OS. The van der Waals surface area contributed by atoms with Crippen molar-refractivity contribution < 1.29 is 4.42 Å². The zero-order valence-corrected chi connectivity index (χ0v) is 14.0. The number of nitrogens with one attached hydrogen (secondary N) is 1. The summed E-state index contributed by atoms with van der Waals surface area (Å²) in [5.74, 6) is 1.35. The van der Waals surface area contributed by atoms with Crippen molar-refractivity contribution in [3.8, 4) is 11.3 Å². The van der Waals surface area contributed by atoms with Crippen molar-refractivity contribution in [1.82, 2.24) is 4.98 Å². The largest absolute Gasteiger partial charge is 0.455 e. The lowest BCUT2D eigenvalue weighted by atomic mass is 10.2. The van der Waals surface area contributed by atoms with E-state index in [1.807, 2.05) is 60.7 Å². The Morgan fingerprint density at radius 2 is 1.88 bits per heavy atom. The molecule has 2 heterocycles. The molecule has 1 N–H and O–H groups in total. The van der Waals surface area contributed by atoms with Crippen LogP contribution in [-0.2, 0) is 0 Å². The van der Waals surface area contributed by atoms with Crippen LogP contribution in [0, 0.1) is 0 Å². The minimum absolute atomic E-state index is 0.638. The van der Waals surface area contributed by atoms with E-state index in [0.29, 0.717) is 16.5 Å². The number of thiazole rings is 1. The molecule has 0 aliphatic heterocycles. The lowest BCUT2D eigenvalue weighted by molar-refractivity contribution is 0.575. The summed E-state index contributed by atoms with van der Waals surface area (Å²) in [7, 11) is 0. The maximum absolute atomic E-state index is 6.18. The quantitative estimate of drug-likeness (QED) is 0.380. The standard InChI is InChI=1S/C18H12ClN3OS/c19-14-6-2-1-5-13(14)16-10-9-12(23-16)11-20-22-18-21-15-7-3-4-8-17(15)24-18/h1-11H,(H,21,22)/b20-11+. The summed E-state index contributed by atoms with van der Waals surface area (Å²) in [6, 6.07) is 19.3. The Morgan fingerprint density at radius 3 is 2.75 bits per heavy atom. The molecule has 0 bridgehead atoms. The number of hydrazone groups is 1. The summed E-state index contributed by atoms with van der Waals surface area (Å²) in [5, 5.41) is 5.58. The van der Waals surface area contributed by atoms with Gasteiger partial charge in [-0.15, -0.1) is 0 Å². The van der Waals surface area contributed by atoms with Crippen LogP contribution >= 0.6 is 22.9 Å². The highest BCUT2D eigenvalue weighted by Crippen LogP contribution is 2.29. The highest BCUT2D eigenvalue weighted by Gasteiger charge is 2.07. The molecule has 6 heteroatoms. The molecule has 0 atom stereocenters. The molecule has 0 fully saturated rings. The number of furan rings is 1. The second kappa shape index (κ2) is 6.47. The summed E-state index contributed by atoms with van der Waals surface area (Å²) in [6.07, 6.45) is 1.62. The number of hydrogen-bond donors (Lipinski definition) is 1. The molecule has 24 heavy (non-hydrogen) atoms. The first-order valence-corrected chi connectivity index (χ1v) is 8.48. The number of nitrogens with zero attached hydrogens (tertiary/aromatic N) is 2. The molecule has 4 rings (SSSR count). The van der Waals surface area contributed by atoms with Crippen LogP contribution in [0.1, 0.15) is 5.76 Å². The van der Waals surface area contributed by atoms with E-state index >= 15 is 0 Å². The van der Waals surface area contributed by atoms with Gasteiger partial charge in [-0.2, -0.15) is 5.10 Å². The fraction of sp³-hybridized carbons (Fsp3) is 0. The Labute approximate surface area is 147 Å². The van der Waals surface area contributed by atoms with Crippen molar-refractivity contribution >= 4 is 44.5 Å². The van der Waals surface area contributed by atoms with E-state index in [0.717, 1.165) is 20.9 Å². The number of fused-ring (bicyclic) bond motifs is 1. The molecule has 0 amide bonds. The molecule has 0 unspecified atom stereocenters. The van der Waals surface area contributed by atoms with Crippen molar-refractivity contribution in [1.29, 1.82) is 0 Å². The van der Waals surface area contributed by atoms with Gasteiger partial charge in [0.25, 0.3) is 0 Å². The van der Waals surface area contributed by atoms with Gasteiger partial charge >= 0.3 is 0 Å². The zero-order chi connectivity index (χ0) is 16.4. The van der Waals surface area contributed by atoms with Gasteiger partial charge < -0.3 is 4.42 Å². The Kier molecular flexibility index (Phi) is 4.02. The van der Waals surface area contributed by atoms with Crippen LogP contribution < -0.4 is 5.43 Å². The van der Waals surface area contributed by atoms with Gasteiger partial charge in [-0.1, -0.05) is 47.2 Å². The lowest BCUT2D eigenvalue weighted by Crippen LogP contribution is -1.88. The monoisotopic (exact) mass is 353 g/mol. The number of aromatic nitrogens is 1. The van der Waals surface area contributed by atoms with Crippen LogP contribution in [0.4, 0.5) is 5.13 Å². The fourth-order valence-electron chi connectivity index (χ4n) is 2.30. The van der Waals surface area contributed by atoms with E-state index in [-0.39, 0.29) is 0 Å². The Morgan fingerprint density at radius 1 is 1.04 bits per heavy atom. The van der Waals surface area contributed by atoms with Crippen molar-refractivity contribution in [2.45, 2.75) is 0 Å². The summed E-state index contributed by atoms with van der Waals surface area (Å²) < 4.78 is 6.88. The molecule has 118 valence electrons. The van der Waals surface area contributed by atoms with E-state index in [9.17, 15) is 0 Å². The maximum Gasteiger partial charge on any atom is 0.204 e. The summed E-state index contributed by atoms with van der Waals surface area (Å²) in [5.41, 5.74) is 4.75. The molecule has 0 radical (unpaired) electrons. The molecule has 2 aromatic heterocycles. The van der Waals surface area contributed by atoms with Crippen molar-refractivity contribution in [3.05, 3.63) is 71.4 Å².